The van der Waals surface area contributed by atoms with E-state index in [2.05, 4.69) is 21.2 Å². The topological polar surface area (TPSA) is 86.8 Å². The Balaban J connectivity index is 2.08. The molecular weight excluding hydrogens is 566 g/mol. The number of nitrogens with one attached hydrogen (secondary N) is 1. The normalized spacial score (nSPS) is 12.1. The smallest absolute Gasteiger partial charge is 0.264 e. The van der Waals surface area contributed by atoms with Crippen molar-refractivity contribution >= 4 is 43.5 Å². The van der Waals surface area contributed by atoms with Crippen molar-refractivity contribution in [3.05, 3.63) is 93.5 Å². The number of likely N-dealkylation sites (N-methyl/N-ethyl adjacent to an activating group) is 1. The van der Waals surface area contributed by atoms with Crippen LogP contribution in [0.3, 0.4) is 0 Å². The van der Waals surface area contributed by atoms with Gasteiger partial charge in [0.25, 0.3) is 10.0 Å². The van der Waals surface area contributed by atoms with E-state index in [1.165, 1.54) is 4.90 Å². The van der Waals surface area contributed by atoms with E-state index in [1.807, 2.05) is 58.0 Å². The molecule has 0 aromatic heterocycles. The van der Waals surface area contributed by atoms with Gasteiger partial charge in [-0.2, -0.15) is 0 Å². The highest BCUT2D eigenvalue weighted by molar-refractivity contribution is 9.10. The largest absolute Gasteiger partial charge is 0.355 e. The molecular formula is C29H34BrN3O4S. The van der Waals surface area contributed by atoms with Crippen LogP contribution in [0.2, 0.25) is 0 Å². The monoisotopic (exact) mass is 599 g/mol. The summed E-state index contributed by atoms with van der Waals surface area (Å²) in [6, 6.07) is 18.6. The summed E-state index contributed by atoms with van der Waals surface area (Å²) >= 11 is 3.45. The molecule has 0 saturated heterocycles. The minimum Gasteiger partial charge on any atom is -0.355 e. The summed E-state index contributed by atoms with van der Waals surface area (Å²) in [5.41, 5.74) is 3.82. The molecule has 1 atom stereocenters. The van der Waals surface area contributed by atoms with Gasteiger partial charge in [-0.15, -0.1) is 0 Å². The van der Waals surface area contributed by atoms with Crippen LogP contribution in [0.5, 0.6) is 0 Å². The number of aryl methyl sites for hydroxylation is 2. The summed E-state index contributed by atoms with van der Waals surface area (Å²) in [7, 11) is -4.10. The standard InChI is InChI=1S/C29H34BrN3O4S/c1-6-31-29(35)23(5)32(18-24-10-8-11-25(30)17-24)28(34)19-33(27-12-7-9-21(3)22(27)4)38(36,37)26-15-13-20(2)14-16-26/h7-17,23H,6,18-19H2,1-5H3,(H,31,35)/t23-/m0/s1. The van der Waals surface area contributed by atoms with Gasteiger partial charge in [-0.1, -0.05) is 57.9 Å². The molecule has 202 valence electrons. The van der Waals surface area contributed by atoms with Crippen molar-refractivity contribution in [2.24, 2.45) is 0 Å². The molecule has 2 amide bonds. The molecule has 7 nitrogen and oxygen atoms in total. The fourth-order valence-electron chi connectivity index (χ4n) is 4.09. The van der Waals surface area contributed by atoms with Crippen molar-refractivity contribution in [2.45, 2.75) is 52.1 Å². The molecule has 1 N–H and O–H groups in total. The maximum atomic E-state index is 13.9. The zero-order valence-electron chi connectivity index (χ0n) is 22.4. The Bertz CT molecular complexity index is 1410. The van der Waals surface area contributed by atoms with Gasteiger partial charge < -0.3 is 10.2 Å². The summed E-state index contributed by atoms with van der Waals surface area (Å²) < 4.78 is 29.9. The molecule has 3 aromatic rings. The van der Waals surface area contributed by atoms with Gasteiger partial charge in [0, 0.05) is 17.6 Å². The number of hydrogen-bond donors (Lipinski definition) is 1. The number of benzene rings is 3. The molecule has 3 aromatic carbocycles. The van der Waals surface area contributed by atoms with Crippen LogP contribution >= 0.6 is 15.9 Å². The maximum absolute atomic E-state index is 13.9. The Kier molecular flexibility index (Phi) is 9.73. The summed E-state index contributed by atoms with van der Waals surface area (Å²) in [4.78, 5) is 28.2. The van der Waals surface area contributed by atoms with Crippen LogP contribution in [0.4, 0.5) is 5.69 Å². The van der Waals surface area contributed by atoms with E-state index in [9.17, 15) is 18.0 Å². The number of carbonyl (C=O) groups excluding carboxylic acids is 2. The minimum atomic E-state index is -4.10. The van der Waals surface area contributed by atoms with E-state index in [0.29, 0.717) is 12.2 Å². The van der Waals surface area contributed by atoms with Crippen LogP contribution < -0.4 is 9.62 Å². The zero-order valence-corrected chi connectivity index (χ0v) is 24.8. The predicted molar refractivity (Wildman–Crippen MR) is 154 cm³/mol. The number of carbonyl (C=O) groups is 2. The Morgan fingerprint density at radius 2 is 1.63 bits per heavy atom. The lowest BCUT2D eigenvalue weighted by atomic mass is 10.1. The molecule has 0 heterocycles. The van der Waals surface area contributed by atoms with E-state index in [0.717, 1.165) is 31.0 Å². The number of amides is 2. The molecule has 0 aliphatic heterocycles. The fraction of sp³-hybridized carbons (Fsp3) is 0.310. The van der Waals surface area contributed by atoms with Gasteiger partial charge >= 0.3 is 0 Å². The number of sulfonamides is 1. The van der Waals surface area contributed by atoms with Gasteiger partial charge in [0.1, 0.15) is 12.6 Å². The van der Waals surface area contributed by atoms with Crippen molar-refractivity contribution < 1.29 is 18.0 Å². The number of rotatable bonds is 10. The van der Waals surface area contributed by atoms with Gasteiger partial charge in [-0.05, 0) is 81.6 Å². The summed E-state index contributed by atoms with van der Waals surface area (Å²) in [6.07, 6.45) is 0. The van der Waals surface area contributed by atoms with E-state index >= 15 is 0 Å². The summed E-state index contributed by atoms with van der Waals surface area (Å²) in [6.45, 7) is 9.17. The Labute approximate surface area is 234 Å². The molecule has 0 radical (unpaired) electrons. The lowest BCUT2D eigenvalue weighted by Gasteiger charge is -2.32. The Hall–Kier alpha value is -3.17. The van der Waals surface area contributed by atoms with Gasteiger partial charge in [-0.3, -0.25) is 13.9 Å². The lowest BCUT2D eigenvalue weighted by molar-refractivity contribution is -0.139. The third-order valence-corrected chi connectivity index (χ3v) is 8.76. The SMILES string of the molecule is CCNC(=O)[C@H](C)N(Cc1cccc(Br)c1)C(=O)CN(c1cccc(C)c1C)S(=O)(=O)c1ccc(C)cc1. The first-order valence-electron chi connectivity index (χ1n) is 12.4. The highest BCUT2D eigenvalue weighted by atomic mass is 79.9. The van der Waals surface area contributed by atoms with Crippen molar-refractivity contribution in [1.82, 2.24) is 10.2 Å². The second kappa shape index (κ2) is 12.6. The van der Waals surface area contributed by atoms with Crippen LogP contribution in [0, 0.1) is 20.8 Å². The molecule has 38 heavy (non-hydrogen) atoms. The molecule has 0 unspecified atom stereocenters. The van der Waals surface area contributed by atoms with E-state index in [4.69, 9.17) is 0 Å². The molecule has 0 fully saturated rings. The highest BCUT2D eigenvalue weighted by Crippen LogP contribution is 2.29. The van der Waals surface area contributed by atoms with Crippen molar-refractivity contribution in [3.8, 4) is 0 Å². The van der Waals surface area contributed by atoms with Gasteiger partial charge in [0.15, 0.2) is 0 Å². The van der Waals surface area contributed by atoms with Crippen LogP contribution in [-0.4, -0.2) is 44.3 Å². The third kappa shape index (κ3) is 6.82. The Morgan fingerprint density at radius 1 is 0.974 bits per heavy atom. The van der Waals surface area contributed by atoms with Crippen molar-refractivity contribution in [1.29, 1.82) is 0 Å². The van der Waals surface area contributed by atoms with Crippen molar-refractivity contribution in [3.63, 3.8) is 0 Å². The third-order valence-electron chi connectivity index (χ3n) is 6.49. The van der Waals surface area contributed by atoms with E-state index < -0.39 is 28.5 Å². The second-order valence-corrected chi connectivity index (χ2v) is 12.0. The fourth-order valence-corrected chi connectivity index (χ4v) is 6.01. The molecule has 0 aliphatic carbocycles. The molecule has 0 aliphatic rings. The van der Waals surface area contributed by atoms with Crippen LogP contribution in [0.25, 0.3) is 0 Å². The first-order valence-corrected chi connectivity index (χ1v) is 14.7. The highest BCUT2D eigenvalue weighted by Gasteiger charge is 2.33. The maximum Gasteiger partial charge on any atom is 0.264 e. The molecule has 0 saturated carbocycles. The summed E-state index contributed by atoms with van der Waals surface area (Å²) in [5.74, 6) is -0.796. The number of anilines is 1. The minimum absolute atomic E-state index is 0.0899. The predicted octanol–water partition coefficient (Wildman–Crippen LogP) is 5.12. The van der Waals surface area contributed by atoms with Crippen LogP contribution in [0.15, 0.2) is 76.1 Å². The van der Waals surface area contributed by atoms with Crippen molar-refractivity contribution in [2.75, 3.05) is 17.4 Å². The number of hydrogen-bond acceptors (Lipinski definition) is 4. The molecule has 0 spiro atoms. The molecule has 0 bridgehead atoms. The number of nitrogens with zero attached hydrogens (tertiary/aromatic N) is 2. The molecule has 3 rings (SSSR count). The number of halogens is 1. The van der Waals surface area contributed by atoms with Crippen LogP contribution in [0.1, 0.15) is 36.1 Å². The average Bonchev–Trinajstić information content (AvgIpc) is 2.87. The average molecular weight is 601 g/mol. The van der Waals surface area contributed by atoms with Gasteiger partial charge in [0.2, 0.25) is 11.8 Å². The lowest BCUT2D eigenvalue weighted by Crippen LogP contribution is -2.51. The van der Waals surface area contributed by atoms with E-state index in [1.54, 1.807) is 43.3 Å². The van der Waals surface area contributed by atoms with Gasteiger partial charge in [0.05, 0.1) is 10.6 Å². The first kappa shape index (κ1) is 29.4. The zero-order chi connectivity index (χ0) is 28.0. The van der Waals surface area contributed by atoms with Crippen LogP contribution in [-0.2, 0) is 26.2 Å². The molecule has 9 heteroatoms. The second-order valence-electron chi connectivity index (χ2n) is 9.27. The first-order chi connectivity index (χ1) is 17.9. The van der Waals surface area contributed by atoms with Gasteiger partial charge in [-0.25, -0.2) is 8.42 Å². The quantitative estimate of drug-likeness (QED) is 0.350. The summed E-state index contributed by atoms with van der Waals surface area (Å²) in [5, 5.41) is 2.77. The van der Waals surface area contributed by atoms with E-state index in [-0.39, 0.29) is 17.3 Å². The Morgan fingerprint density at radius 3 is 2.26 bits per heavy atom.